The van der Waals surface area contributed by atoms with Crippen molar-refractivity contribution < 1.29 is 23.9 Å². The topological polar surface area (TPSA) is 84.9 Å². The van der Waals surface area contributed by atoms with E-state index in [9.17, 15) is 14.4 Å². The van der Waals surface area contributed by atoms with E-state index in [-0.39, 0.29) is 11.4 Å². The summed E-state index contributed by atoms with van der Waals surface area (Å²) in [5.74, 6) is 0.644. The molecular formula is C26H30N2O5S. The molecule has 1 N–H and O–H groups in total. The Balaban J connectivity index is 1.69. The van der Waals surface area contributed by atoms with Crippen LogP contribution in [0.1, 0.15) is 38.8 Å². The number of benzene rings is 2. The zero-order chi connectivity index (χ0) is 24.7. The van der Waals surface area contributed by atoms with Crippen molar-refractivity contribution in [2.75, 3.05) is 25.1 Å². The van der Waals surface area contributed by atoms with Gasteiger partial charge < -0.3 is 14.8 Å². The van der Waals surface area contributed by atoms with Crippen LogP contribution >= 0.6 is 11.8 Å². The first-order valence-electron chi connectivity index (χ1n) is 11.3. The van der Waals surface area contributed by atoms with Crippen molar-refractivity contribution in [3.05, 3.63) is 58.5 Å². The molecular weight excluding hydrogens is 452 g/mol. The fourth-order valence-corrected chi connectivity index (χ4v) is 4.05. The van der Waals surface area contributed by atoms with Crippen molar-refractivity contribution in [3.8, 4) is 11.5 Å². The summed E-state index contributed by atoms with van der Waals surface area (Å²) in [6, 6.07) is 12.8. The molecule has 1 aliphatic rings. The molecule has 1 fully saturated rings. The van der Waals surface area contributed by atoms with Crippen molar-refractivity contribution in [1.82, 2.24) is 4.90 Å². The molecule has 0 aliphatic carbocycles. The van der Waals surface area contributed by atoms with Gasteiger partial charge in [-0.15, -0.1) is 0 Å². The Kier molecular flexibility index (Phi) is 8.76. The first-order chi connectivity index (χ1) is 16.3. The highest BCUT2D eigenvalue weighted by Crippen LogP contribution is 2.34. The van der Waals surface area contributed by atoms with Gasteiger partial charge in [-0.2, -0.15) is 0 Å². The molecule has 8 heteroatoms. The summed E-state index contributed by atoms with van der Waals surface area (Å²) in [5.41, 5.74) is 2.47. The van der Waals surface area contributed by atoms with Crippen LogP contribution in [0.3, 0.4) is 0 Å². The molecule has 3 rings (SSSR count). The van der Waals surface area contributed by atoms with E-state index in [4.69, 9.17) is 9.47 Å². The normalized spacial score (nSPS) is 14.7. The summed E-state index contributed by atoms with van der Waals surface area (Å²) < 4.78 is 11.5. The molecule has 0 radical (unpaired) electrons. The Hall–Kier alpha value is -3.26. The highest BCUT2D eigenvalue weighted by molar-refractivity contribution is 8.18. The Labute approximate surface area is 204 Å². The standard InChI is InChI=1S/C26H30N2O5S/c1-5-18-7-10-20(11-8-18)27-24(29)15-28-25(30)23(34-26(28)31)14-19-9-12-21(33-16-17(3)4)22(13-19)32-6-2/h7-14,17H,5-6,15-16H2,1-4H3,(H,27,29)/b23-14-. The first kappa shape index (κ1) is 25.4. The minimum Gasteiger partial charge on any atom is -0.490 e. The highest BCUT2D eigenvalue weighted by Gasteiger charge is 2.36. The van der Waals surface area contributed by atoms with Gasteiger partial charge in [-0.25, -0.2) is 0 Å². The molecule has 0 spiro atoms. The summed E-state index contributed by atoms with van der Waals surface area (Å²) in [5, 5.41) is 2.25. The summed E-state index contributed by atoms with van der Waals surface area (Å²) in [6.45, 7) is 8.74. The number of rotatable bonds is 10. The van der Waals surface area contributed by atoms with Crippen LogP contribution in [0.25, 0.3) is 6.08 Å². The number of thioether (sulfide) groups is 1. The predicted octanol–water partition coefficient (Wildman–Crippen LogP) is 5.36. The van der Waals surface area contributed by atoms with Gasteiger partial charge in [0.1, 0.15) is 6.54 Å². The molecule has 3 amide bonds. The number of ether oxygens (including phenoxy) is 2. The van der Waals surface area contributed by atoms with Gasteiger partial charge in [0.15, 0.2) is 11.5 Å². The molecule has 0 unspecified atom stereocenters. The van der Waals surface area contributed by atoms with Crippen molar-refractivity contribution in [2.45, 2.75) is 34.1 Å². The second kappa shape index (κ2) is 11.7. The lowest BCUT2D eigenvalue weighted by Gasteiger charge is -2.14. The lowest BCUT2D eigenvalue weighted by Crippen LogP contribution is -2.36. The molecule has 34 heavy (non-hydrogen) atoms. The Bertz CT molecular complexity index is 1080. The Morgan fingerprint density at radius 1 is 1.06 bits per heavy atom. The Morgan fingerprint density at radius 3 is 2.44 bits per heavy atom. The van der Waals surface area contributed by atoms with Gasteiger partial charge >= 0.3 is 0 Å². The fraction of sp³-hybridized carbons (Fsp3) is 0.346. The number of anilines is 1. The van der Waals surface area contributed by atoms with E-state index >= 15 is 0 Å². The van der Waals surface area contributed by atoms with E-state index in [1.807, 2.05) is 26.0 Å². The maximum atomic E-state index is 12.8. The van der Waals surface area contributed by atoms with Crippen LogP contribution in [0.4, 0.5) is 10.5 Å². The number of imide groups is 1. The van der Waals surface area contributed by atoms with Crippen molar-refractivity contribution in [2.24, 2.45) is 5.92 Å². The van der Waals surface area contributed by atoms with Crippen molar-refractivity contribution in [3.63, 3.8) is 0 Å². The van der Waals surface area contributed by atoms with Gasteiger partial charge in [-0.1, -0.05) is 39.0 Å². The number of aryl methyl sites for hydroxylation is 1. The third-order valence-corrected chi connectivity index (χ3v) is 5.87. The van der Waals surface area contributed by atoms with Crippen molar-refractivity contribution >= 4 is 40.6 Å². The molecule has 7 nitrogen and oxygen atoms in total. The van der Waals surface area contributed by atoms with Gasteiger partial charge in [-0.3, -0.25) is 19.3 Å². The summed E-state index contributed by atoms with van der Waals surface area (Å²) in [4.78, 5) is 38.9. The average molecular weight is 483 g/mol. The number of hydrogen-bond donors (Lipinski definition) is 1. The smallest absolute Gasteiger partial charge is 0.294 e. The molecule has 0 aromatic heterocycles. The van der Waals surface area contributed by atoms with Gasteiger partial charge in [-0.05, 0) is 72.5 Å². The number of nitrogens with one attached hydrogen (secondary N) is 1. The third-order valence-electron chi connectivity index (χ3n) is 4.96. The van der Waals surface area contributed by atoms with E-state index < -0.39 is 17.1 Å². The van der Waals surface area contributed by atoms with Gasteiger partial charge in [0.2, 0.25) is 5.91 Å². The predicted molar refractivity (Wildman–Crippen MR) is 135 cm³/mol. The summed E-state index contributed by atoms with van der Waals surface area (Å²) in [7, 11) is 0. The Morgan fingerprint density at radius 2 is 1.79 bits per heavy atom. The van der Waals surface area contributed by atoms with E-state index in [2.05, 4.69) is 19.2 Å². The number of carbonyl (C=O) groups is 3. The summed E-state index contributed by atoms with van der Waals surface area (Å²) in [6.07, 6.45) is 2.53. The average Bonchev–Trinajstić information content (AvgIpc) is 3.06. The zero-order valence-corrected chi connectivity index (χ0v) is 20.7. The van der Waals surface area contributed by atoms with Gasteiger partial charge in [0.05, 0.1) is 18.1 Å². The molecule has 1 heterocycles. The number of carbonyl (C=O) groups excluding carboxylic acids is 3. The molecule has 0 atom stereocenters. The van der Waals surface area contributed by atoms with Crippen molar-refractivity contribution in [1.29, 1.82) is 0 Å². The lowest BCUT2D eigenvalue weighted by molar-refractivity contribution is -0.127. The van der Waals surface area contributed by atoms with Crippen LogP contribution in [-0.4, -0.2) is 41.7 Å². The molecule has 2 aromatic rings. The number of amides is 3. The lowest BCUT2D eigenvalue weighted by atomic mass is 10.1. The van der Waals surface area contributed by atoms with E-state index in [1.54, 1.807) is 36.4 Å². The second-order valence-corrected chi connectivity index (χ2v) is 9.20. The molecule has 1 aliphatic heterocycles. The third kappa shape index (κ3) is 6.63. The first-order valence-corrected chi connectivity index (χ1v) is 12.2. The van der Waals surface area contributed by atoms with E-state index in [0.29, 0.717) is 41.9 Å². The molecule has 0 saturated carbocycles. The molecule has 2 aromatic carbocycles. The SMILES string of the molecule is CCOc1cc(/C=C2\SC(=O)N(CC(=O)Nc3ccc(CC)cc3)C2=O)ccc1OCC(C)C. The zero-order valence-electron chi connectivity index (χ0n) is 19.9. The van der Waals surface area contributed by atoms with Gasteiger partial charge in [0, 0.05) is 5.69 Å². The van der Waals surface area contributed by atoms with Crippen LogP contribution in [-0.2, 0) is 16.0 Å². The van der Waals surface area contributed by atoms with E-state index in [0.717, 1.165) is 28.6 Å². The highest BCUT2D eigenvalue weighted by atomic mass is 32.2. The van der Waals surface area contributed by atoms with Crippen LogP contribution in [0.2, 0.25) is 0 Å². The largest absolute Gasteiger partial charge is 0.490 e. The number of hydrogen-bond acceptors (Lipinski definition) is 6. The maximum absolute atomic E-state index is 12.8. The molecule has 0 bridgehead atoms. The number of nitrogens with zero attached hydrogens (tertiary/aromatic N) is 1. The minimum absolute atomic E-state index is 0.253. The van der Waals surface area contributed by atoms with E-state index in [1.165, 1.54) is 0 Å². The summed E-state index contributed by atoms with van der Waals surface area (Å²) >= 11 is 0.814. The minimum atomic E-state index is -0.496. The quantitative estimate of drug-likeness (QED) is 0.459. The maximum Gasteiger partial charge on any atom is 0.294 e. The van der Waals surface area contributed by atoms with Gasteiger partial charge in [0.25, 0.3) is 11.1 Å². The van der Waals surface area contributed by atoms with Crippen LogP contribution in [0, 0.1) is 5.92 Å². The molecule has 180 valence electrons. The monoisotopic (exact) mass is 482 g/mol. The van der Waals surface area contributed by atoms with Crippen LogP contribution < -0.4 is 14.8 Å². The van der Waals surface area contributed by atoms with Crippen LogP contribution in [0.5, 0.6) is 11.5 Å². The fourth-order valence-electron chi connectivity index (χ4n) is 3.21. The molecule has 1 saturated heterocycles. The van der Waals surface area contributed by atoms with Crippen LogP contribution in [0.15, 0.2) is 47.4 Å². The second-order valence-electron chi connectivity index (χ2n) is 8.21.